The van der Waals surface area contributed by atoms with Gasteiger partial charge in [-0.2, -0.15) is 0 Å². The number of para-hydroxylation sites is 2. The number of nitrogens with zero attached hydrogens (tertiary/aromatic N) is 4. The van der Waals surface area contributed by atoms with Crippen molar-refractivity contribution in [1.82, 2.24) is 14.5 Å². The zero-order chi connectivity index (χ0) is 49.4. The number of aliphatic imine (C=N–C) groups is 2. The number of thiophene rings is 1. The van der Waals surface area contributed by atoms with Crippen LogP contribution in [0.1, 0.15) is 35.7 Å². The van der Waals surface area contributed by atoms with Crippen LogP contribution in [0.2, 0.25) is 0 Å². The van der Waals surface area contributed by atoms with Gasteiger partial charge < -0.3 is 14.5 Å². The van der Waals surface area contributed by atoms with E-state index in [1.54, 1.807) is 0 Å². The third-order valence-electron chi connectivity index (χ3n) is 15.2. The highest BCUT2D eigenvalue weighted by Gasteiger charge is 2.27. The molecule has 0 saturated carbocycles. The molecule has 13 aromatic rings. The standard InChI is InChI=1S/C69H47N5S/c1-4-18-44(19-5-1)46-34-36-47(37-35-46)67-70-68(49-39-41-64-57(42-49)51-24-12-15-33-63(51)75-64)72-69(71-67)56-40-38-48(45-20-6-2-7-21-45)43-62(56)74-59-30-14-11-26-55(59)66-53(28-17-32-61(66)74)52-27-16-31-60-65(52)54-25-10-13-29-58(54)73(60)50-22-8-3-9-23-50/h1-10,12-13,15-43,69H,11,14H2,(H,70,71,72). The Morgan fingerprint density at radius 1 is 0.427 bits per heavy atom. The second-order valence-electron chi connectivity index (χ2n) is 19.6. The van der Waals surface area contributed by atoms with Gasteiger partial charge in [-0.3, -0.25) is 0 Å². The highest BCUT2D eigenvalue weighted by Crippen LogP contribution is 2.42. The fourth-order valence-corrected chi connectivity index (χ4v) is 12.9. The van der Waals surface area contributed by atoms with Crippen molar-refractivity contribution in [3.05, 3.63) is 264 Å². The normalized spacial score (nSPS) is 14.4. The van der Waals surface area contributed by atoms with Crippen molar-refractivity contribution in [2.24, 2.45) is 9.98 Å². The number of aromatic nitrogens is 2. The van der Waals surface area contributed by atoms with Gasteiger partial charge in [-0.05, 0) is 107 Å². The monoisotopic (exact) mass is 977 g/mol. The molecule has 15 rings (SSSR count). The minimum absolute atomic E-state index is 0.488. The highest BCUT2D eigenvalue weighted by atomic mass is 32.1. The molecule has 0 saturated heterocycles. The summed E-state index contributed by atoms with van der Waals surface area (Å²) in [5.74, 6) is 1.47. The summed E-state index contributed by atoms with van der Waals surface area (Å²) in [6.45, 7) is 0. The van der Waals surface area contributed by atoms with Crippen molar-refractivity contribution >= 4 is 88.0 Å². The van der Waals surface area contributed by atoms with Crippen LogP contribution in [0.5, 0.6) is 0 Å². The number of amidine groups is 2. The first-order valence-corrected chi connectivity index (χ1v) is 26.6. The van der Waals surface area contributed by atoms with Crippen LogP contribution in [-0.4, -0.2) is 20.8 Å². The summed E-state index contributed by atoms with van der Waals surface area (Å²) in [5.41, 5.74) is 15.9. The zero-order valence-electron chi connectivity index (χ0n) is 40.9. The van der Waals surface area contributed by atoms with Crippen LogP contribution in [0, 0.1) is 0 Å². The van der Waals surface area contributed by atoms with Gasteiger partial charge in [-0.15, -0.1) is 11.3 Å². The van der Waals surface area contributed by atoms with E-state index < -0.39 is 6.17 Å². The number of hydrogen-bond donors (Lipinski definition) is 1. The van der Waals surface area contributed by atoms with Crippen molar-refractivity contribution in [3.63, 3.8) is 0 Å². The molecule has 75 heavy (non-hydrogen) atoms. The minimum atomic E-state index is -0.488. The highest BCUT2D eigenvalue weighted by molar-refractivity contribution is 7.25. The second kappa shape index (κ2) is 17.7. The second-order valence-corrected chi connectivity index (χ2v) is 20.6. The molecule has 1 aliphatic carbocycles. The molecule has 0 fully saturated rings. The largest absolute Gasteiger partial charge is 0.344 e. The molecule has 4 heterocycles. The maximum Gasteiger partial charge on any atom is 0.159 e. The van der Waals surface area contributed by atoms with Crippen LogP contribution in [0.15, 0.2) is 247 Å². The lowest BCUT2D eigenvalue weighted by Gasteiger charge is -2.26. The van der Waals surface area contributed by atoms with Crippen LogP contribution in [0.4, 0.5) is 0 Å². The average molecular weight is 978 g/mol. The molecule has 0 bridgehead atoms. The zero-order valence-corrected chi connectivity index (χ0v) is 41.7. The molecule has 0 radical (unpaired) electrons. The Morgan fingerprint density at radius 2 is 1.01 bits per heavy atom. The van der Waals surface area contributed by atoms with Crippen LogP contribution in [-0.2, 0) is 0 Å². The molecule has 1 aliphatic heterocycles. The van der Waals surface area contributed by atoms with E-state index in [1.807, 2.05) is 11.3 Å². The molecule has 1 atom stereocenters. The molecule has 1 unspecified atom stereocenters. The Labute approximate surface area is 437 Å². The van der Waals surface area contributed by atoms with Gasteiger partial charge in [0.05, 0.1) is 22.2 Å². The van der Waals surface area contributed by atoms with E-state index >= 15 is 0 Å². The number of hydrogen-bond acceptors (Lipinski definition) is 4. The molecule has 2 aliphatic rings. The number of nitrogens with one attached hydrogen (secondary N) is 1. The molecule has 1 N–H and O–H groups in total. The first kappa shape index (κ1) is 43.2. The molecule has 3 aromatic heterocycles. The molecular formula is C69H47N5S. The molecule has 6 heteroatoms. The predicted molar refractivity (Wildman–Crippen MR) is 316 cm³/mol. The molecule has 0 amide bonds. The van der Waals surface area contributed by atoms with Crippen molar-refractivity contribution in [2.45, 2.75) is 19.0 Å². The summed E-state index contributed by atoms with van der Waals surface area (Å²) in [6.07, 6.45) is 6.35. The topological polar surface area (TPSA) is 46.6 Å². The molecular weight excluding hydrogens is 931 g/mol. The summed E-state index contributed by atoms with van der Waals surface area (Å²) in [5, 5.41) is 12.6. The molecule has 5 nitrogen and oxygen atoms in total. The van der Waals surface area contributed by atoms with Crippen molar-refractivity contribution in [2.75, 3.05) is 0 Å². The van der Waals surface area contributed by atoms with Crippen molar-refractivity contribution < 1.29 is 0 Å². The third-order valence-corrected chi connectivity index (χ3v) is 16.4. The van der Waals surface area contributed by atoms with Gasteiger partial charge in [0.1, 0.15) is 12.0 Å². The van der Waals surface area contributed by atoms with Gasteiger partial charge in [0, 0.05) is 69.3 Å². The van der Waals surface area contributed by atoms with Crippen molar-refractivity contribution in [3.8, 4) is 44.8 Å². The van der Waals surface area contributed by atoms with Gasteiger partial charge in [0.25, 0.3) is 0 Å². The van der Waals surface area contributed by atoms with Crippen LogP contribution in [0.3, 0.4) is 0 Å². The number of rotatable bonds is 8. The predicted octanol–water partition coefficient (Wildman–Crippen LogP) is 15.9. The van der Waals surface area contributed by atoms with E-state index in [2.05, 4.69) is 263 Å². The van der Waals surface area contributed by atoms with Crippen LogP contribution in [0.25, 0.3) is 110 Å². The Bertz CT molecular complexity index is 4600. The number of benzene rings is 10. The Kier molecular flexibility index (Phi) is 10.2. The third kappa shape index (κ3) is 7.20. The fraction of sp³-hybridized carbons (Fsp3) is 0.0435. The summed E-state index contributed by atoms with van der Waals surface area (Å²) in [6, 6.07) is 85.7. The quantitative estimate of drug-likeness (QED) is 0.162. The van der Waals surface area contributed by atoms with Gasteiger partial charge in [0.2, 0.25) is 0 Å². The Hall–Kier alpha value is -9.36. The number of fused-ring (bicyclic) bond motifs is 9. The summed E-state index contributed by atoms with van der Waals surface area (Å²) in [4.78, 5) is 11.0. The maximum absolute atomic E-state index is 5.61. The molecule has 10 aromatic carbocycles. The van der Waals surface area contributed by atoms with Crippen molar-refractivity contribution in [1.29, 1.82) is 0 Å². The van der Waals surface area contributed by atoms with E-state index in [0.29, 0.717) is 5.84 Å². The first-order valence-electron chi connectivity index (χ1n) is 25.8. The maximum atomic E-state index is 5.61. The van der Waals surface area contributed by atoms with E-state index in [-0.39, 0.29) is 0 Å². The van der Waals surface area contributed by atoms with E-state index in [4.69, 9.17) is 9.98 Å². The average Bonchev–Trinajstić information content (AvgIpc) is 4.17. The van der Waals surface area contributed by atoms with Gasteiger partial charge in [-0.25, -0.2) is 9.98 Å². The lowest BCUT2D eigenvalue weighted by atomic mass is 9.95. The van der Waals surface area contributed by atoms with Crippen LogP contribution < -0.4 is 15.9 Å². The first-order chi connectivity index (χ1) is 37.2. The summed E-state index contributed by atoms with van der Waals surface area (Å²) < 4.78 is 7.48. The smallest absolute Gasteiger partial charge is 0.159 e. The van der Waals surface area contributed by atoms with Crippen LogP contribution >= 0.6 is 11.3 Å². The Balaban J connectivity index is 0.955. The van der Waals surface area contributed by atoms with E-state index in [1.165, 1.54) is 74.6 Å². The Morgan fingerprint density at radius 3 is 1.80 bits per heavy atom. The molecule has 354 valence electrons. The lowest BCUT2D eigenvalue weighted by Crippen LogP contribution is -2.35. The van der Waals surface area contributed by atoms with Gasteiger partial charge >= 0.3 is 0 Å². The SMILES string of the molecule is C1=c2c(n(-c3cc(-c4ccccc4)ccc3C3N=C(c4ccc(-c5ccccc5)cc4)N=C(c4ccc5sc6ccccc6c5c4)N3)c3cccc(-c4cccc5c4c4ccccc4n5-c4ccccc4)c23)=CCC1. The fourth-order valence-electron chi connectivity index (χ4n) is 11.8. The van der Waals surface area contributed by atoms with E-state index in [9.17, 15) is 0 Å². The van der Waals surface area contributed by atoms with Gasteiger partial charge in [-0.1, -0.05) is 188 Å². The molecule has 0 spiro atoms. The minimum Gasteiger partial charge on any atom is -0.344 e. The summed E-state index contributed by atoms with van der Waals surface area (Å²) >= 11 is 1.83. The summed E-state index contributed by atoms with van der Waals surface area (Å²) in [7, 11) is 0. The van der Waals surface area contributed by atoms with E-state index in [0.717, 1.165) is 68.9 Å². The van der Waals surface area contributed by atoms with Gasteiger partial charge in [0.15, 0.2) is 5.84 Å². The lowest BCUT2D eigenvalue weighted by molar-refractivity contribution is 0.669.